The molecular weight excluding hydrogens is 498 g/mol. The minimum atomic E-state index is -0.979. The van der Waals surface area contributed by atoms with E-state index in [1.54, 1.807) is 18.2 Å². The number of hydrogen-bond donors (Lipinski definition) is 1. The van der Waals surface area contributed by atoms with E-state index in [9.17, 15) is 9.59 Å². The van der Waals surface area contributed by atoms with Crippen LogP contribution in [0.4, 0.5) is 0 Å². The normalized spacial score (nSPS) is 15.2. The molecule has 0 aromatic heterocycles. The van der Waals surface area contributed by atoms with E-state index in [1.165, 1.54) is 4.90 Å². The Morgan fingerprint density at radius 3 is 2.69 bits per heavy atom. The summed E-state index contributed by atoms with van der Waals surface area (Å²) in [6.07, 6.45) is 1.55. The van der Waals surface area contributed by atoms with Crippen LogP contribution >= 0.6 is 51.5 Å². The first-order valence-corrected chi connectivity index (χ1v) is 10.9. The van der Waals surface area contributed by atoms with Gasteiger partial charge in [-0.15, -0.1) is 0 Å². The summed E-state index contributed by atoms with van der Waals surface area (Å²) in [5.74, 6) is -0.670. The molecule has 0 bridgehead atoms. The summed E-state index contributed by atoms with van der Waals surface area (Å²) in [4.78, 5) is 25.2. The van der Waals surface area contributed by atoms with E-state index in [0.717, 1.165) is 21.8 Å². The molecule has 0 unspecified atom stereocenters. The van der Waals surface area contributed by atoms with E-state index in [0.29, 0.717) is 32.2 Å². The lowest BCUT2D eigenvalue weighted by atomic mass is 10.1. The SMILES string of the molecule is O=C(O)CCN1C(=O)/C(=C/c2cc(Br)ccc2OCc2ccc(Cl)cc2)SC1=S. The van der Waals surface area contributed by atoms with E-state index in [1.807, 2.05) is 30.3 Å². The molecule has 3 rings (SSSR count). The van der Waals surface area contributed by atoms with Gasteiger partial charge in [-0.2, -0.15) is 0 Å². The Labute approximate surface area is 190 Å². The van der Waals surface area contributed by atoms with Gasteiger partial charge >= 0.3 is 5.97 Å². The second-order valence-electron chi connectivity index (χ2n) is 6.07. The summed E-state index contributed by atoms with van der Waals surface area (Å²) in [6.45, 7) is 0.398. The van der Waals surface area contributed by atoms with Gasteiger partial charge in [0.2, 0.25) is 0 Å². The van der Waals surface area contributed by atoms with Gasteiger partial charge in [-0.25, -0.2) is 0 Å². The third kappa shape index (κ3) is 5.82. The highest BCUT2D eigenvalue weighted by Gasteiger charge is 2.32. The largest absolute Gasteiger partial charge is 0.488 e. The van der Waals surface area contributed by atoms with Gasteiger partial charge in [-0.3, -0.25) is 14.5 Å². The van der Waals surface area contributed by atoms with Gasteiger partial charge in [0.05, 0.1) is 11.3 Å². The summed E-state index contributed by atoms with van der Waals surface area (Å²) in [5.41, 5.74) is 1.68. The predicted octanol–water partition coefficient (Wildman–Crippen LogP) is 5.36. The van der Waals surface area contributed by atoms with Gasteiger partial charge in [-0.1, -0.05) is 63.6 Å². The lowest BCUT2D eigenvalue weighted by Crippen LogP contribution is -2.30. The van der Waals surface area contributed by atoms with Crippen LogP contribution in [-0.4, -0.2) is 32.7 Å². The number of benzene rings is 2. The number of hydrogen-bond acceptors (Lipinski definition) is 5. The van der Waals surface area contributed by atoms with Crippen LogP contribution in [0.15, 0.2) is 51.8 Å². The van der Waals surface area contributed by atoms with Crippen molar-refractivity contribution in [3.05, 3.63) is 68.0 Å². The van der Waals surface area contributed by atoms with E-state index in [-0.39, 0.29) is 18.9 Å². The van der Waals surface area contributed by atoms with Crippen LogP contribution in [0.5, 0.6) is 5.75 Å². The van der Waals surface area contributed by atoms with Crippen molar-refractivity contribution in [2.24, 2.45) is 0 Å². The van der Waals surface area contributed by atoms with Crippen LogP contribution in [0.2, 0.25) is 5.02 Å². The molecule has 5 nitrogen and oxygen atoms in total. The molecule has 0 atom stereocenters. The maximum Gasteiger partial charge on any atom is 0.305 e. The van der Waals surface area contributed by atoms with Crippen molar-refractivity contribution >= 4 is 73.8 Å². The molecular formula is C20H15BrClNO4S2. The van der Waals surface area contributed by atoms with E-state index >= 15 is 0 Å². The average molecular weight is 513 g/mol. The Morgan fingerprint density at radius 2 is 2.00 bits per heavy atom. The van der Waals surface area contributed by atoms with Crippen LogP contribution in [0.1, 0.15) is 17.5 Å². The van der Waals surface area contributed by atoms with Crippen LogP contribution in [0, 0.1) is 0 Å². The summed E-state index contributed by atoms with van der Waals surface area (Å²) >= 11 is 15.7. The number of amides is 1. The number of halogens is 2. The van der Waals surface area contributed by atoms with E-state index in [4.69, 9.17) is 33.7 Å². The highest BCUT2D eigenvalue weighted by molar-refractivity contribution is 9.10. The number of carbonyl (C=O) groups excluding carboxylic acids is 1. The van der Waals surface area contributed by atoms with Crippen molar-refractivity contribution in [1.82, 2.24) is 4.90 Å². The molecule has 1 heterocycles. The monoisotopic (exact) mass is 511 g/mol. The third-order valence-corrected chi connectivity index (χ3v) is 6.11. The lowest BCUT2D eigenvalue weighted by molar-refractivity contribution is -0.137. The Hall–Kier alpha value is -1.87. The van der Waals surface area contributed by atoms with E-state index in [2.05, 4.69) is 15.9 Å². The fourth-order valence-electron chi connectivity index (χ4n) is 2.55. The molecule has 0 aliphatic carbocycles. The molecule has 1 aliphatic heterocycles. The van der Waals surface area contributed by atoms with Crippen molar-refractivity contribution in [2.75, 3.05) is 6.54 Å². The van der Waals surface area contributed by atoms with Crippen LogP contribution < -0.4 is 4.74 Å². The first-order valence-electron chi connectivity index (χ1n) is 8.47. The quantitative estimate of drug-likeness (QED) is 0.398. The van der Waals surface area contributed by atoms with Crippen LogP contribution in [0.3, 0.4) is 0 Å². The number of aliphatic carboxylic acids is 1. The average Bonchev–Trinajstić information content (AvgIpc) is 2.93. The highest BCUT2D eigenvalue weighted by Crippen LogP contribution is 2.35. The van der Waals surface area contributed by atoms with Gasteiger partial charge in [0, 0.05) is 21.6 Å². The van der Waals surface area contributed by atoms with Gasteiger partial charge in [0.15, 0.2) is 0 Å². The zero-order chi connectivity index (χ0) is 21.0. The Balaban J connectivity index is 1.80. The molecule has 1 aliphatic rings. The molecule has 0 spiro atoms. The highest BCUT2D eigenvalue weighted by atomic mass is 79.9. The summed E-state index contributed by atoms with van der Waals surface area (Å²) < 4.78 is 7.13. The van der Waals surface area contributed by atoms with Crippen LogP contribution in [0.25, 0.3) is 6.08 Å². The minimum absolute atomic E-state index is 0.0513. The number of carboxylic acid groups (broad SMARTS) is 1. The molecule has 1 saturated heterocycles. The smallest absolute Gasteiger partial charge is 0.305 e. The molecule has 9 heteroatoms. The second kappa shape index (κ2) is 9.75. The fourth-order valence-corrected chi connectivity index (χ4v) is 4.35. The third-order valence-electron chi connectivity index (χ3n) is 3.99. The van der Waals surface area contributed by atoms with Crippen molar-refractivity contribution < 1.29 is 19.4 Å². The first kappa shape index (κ1) is 21.8. The number of rotatable bonds is 7. The molecule has 1 N–H and O–H groups in total. The topological polar surface area (TPSA) is 66.8 Å². The van der Waals surface area contributed by atoms with Crippen molar-refractivity contribution in [3.63, 3.8) is 0 Å². The second-order valence-corrected chi connectivity index (χ2v) is 9.10. The number of carbonyl (C=O) groups is 2. The number of thioether (sulfide) groups is 1. The predicted molar refractivity (Wildman–Crippen MR) is 122 cm³/mol. The van der Waals surface area contributed by atoms with Crippen molar-refractivity contribution in [3.8, 4) is 5.75 Å². The van der Waals surface area contributed by atoms with Crippen molar-refractivity contribution in [2.45, 2.75) is 13.0 Å². The Kier molecular flexibility index (Phi) is 7.34. The van der Waals surface area contributed by atoms with Gasteiger partial charge in [0.1, 0.15) is 16.7 Å². The molecule has 29 heavy (non-hydrogen) atoms. The first-order chi connectivity index (χ1) is 13.8. The molecule has 150 valence electrons. The molecule has 0 saturated carbocycles. The van der Waals surface area contributed by atoms with E-state index < -0.39 is 5.97 Å². The number of ether oxygens (including phenoxy) is 1. The van der Waals surface area contributed by atoms with Crippen LogP contribution in [-0.2, 0) is 16.2 Å². The lowest BCUT2D eigenvalue weighted by Gasteiger charge is -2.12. The Morgan fingerprint density at radius 1 is 1.28 bits per heavy atom. The molecule has 1 amide bonds. The zero-order valence-corrected chi connectivity index (χ0v) is 18.9. The zero-order valence-electron chi connectivity index (χ0n) is 14.9. The van der Waals surface area contributed by atoms with Gasteiger partial charge in [-0.05, 0) is 42.0 Å². The van der Waals surface area contributed by atoms with Gasteiger partial charge in [0.25, 0.3) is 5.91 Å². The number of thiocarbonyl (C=S) groups is 1. The summed E-state index contributed by atoms with van der Waals surface area (Å²) in [7, 11) is 0. The standard InChI is InChI=1S/C20H15BrClNO4S2/c21-14-3-6-16(27-11-12-1-4-15(22)5-2-12)13(9-14)10-17-19(26)23(20(28)29-17)8-7-18(24)25/h1-6,9-10H,7-8,11H2,(H,24,25)/b17-10-. The summed E-state index contributed by atoms with van der Waals surface area (Å²) in [6, 6.07) is 12.9. The maximum absolute atomic E-state index is 12.6. The number of carboxylic acids is 1. The van der Waals surface area contributed by atoms with Crippen molar-refractivity contribution in [1.29, 1.82) is 0 Å². The molecule has 1 fully saturated rings. The Bertz CT molecular complexity index is 994. The minimum Gasteiger partial charge on any atom is -0.488 e. The molecule has 2 aromatic carbocycles. The maximum atomic E-state index is 12.6. The number of nitrogens with zero attached hydrogens (tertiary/aromatic N) is 1. The summed E-state index contributed by atoms with van der Waals surface area (Å²) in [5, 5.41) is 9.51. The molecule has 0 radical (unpaired) electrons. The molecule has 2 aromatic rings. The fraction of sp³-hybridized carbons (Fsp3) is 0.150. The van der Waals surface area contributed by atoms with Gasteiger partial charge < -0.3 is 9.84 Å².